The summed E-state index contributed by atoms with van der Waals surface area (Å²) in [5.41, 5.74) is 0. The molecule has 0 aliphatic carbocycles. The monoisotopic (exact) mass is 275 g/mol. The first-order valence-corrected chi connectivity index (χ1v) is 7.56. The Morgan fingerprint density at radius 1 is 1.50 bits per heavy atom. The van der Waals surface area contributed by atoms with Gasteiger partial charge in [0.15, 0.2) is 5.03 Å². The molecular weight excluding hydrogens is 254 g/mol. The fourth-order valence-electron chi connectivity index (χ4n) is 1.59. The molecule has 0 saturated carbocycles. The third-order valence-corrected chi connectivity index (χ3v) is 4.18. The molecule has 1 heterocycles. The summed E-state index contributed by atoms with van der Waals surface area (Å²) < 4.78 is 26.8. The van der Waals surface area contributed by atoms with Crippen molar-refractivity contribution in [3.05, 3.63) is 12.0 Å². The Kier molecular flexibility index (Phi) is 5.30. The van der Waals surface area contributed by atoms with Crippen LogP contribution in [-0.2, 0) is 16.4 Å². The van der Waals surface area contributed by atoms with E-state index in [1.165, 1.54) is 6.20 Å². The number of hydrogen-bond donors (Lipinski definition) is 3. The normalized spacial score (nSPS) is 14.1. The van der Waals surface area contributed by atoms with Gasteiger partial charge in [0.2, 0.25) is 0 Å². The fraction of sp³-hybridized carbons (Fsp3) is 0.727. The number of aromatic amines is 1. The maximum absolute atomic E-state index is 12.1. The van der Waals surface area contributed by atoms with E-state index in [2.05, 4.69) is 14.7 Å². The third kappa shape index (κ3) is 3.79. The summed E-state index contributed by atoms with van der Waals surface area (Å²) >= 11 is 0. The number of sulfonamides is 1. The molecule has 0 amide bonds. The SMILES string of the molecule is CCc1ncc(S(=O)(=O)NC(CCO)C(C)C)[nH]1. The molecule has 104 valence electrons. The van der Waals surface area contributed by atoms with Gasteiger partial charge < -0.3 is 10.1 Å². The Morgan fingerprint density at radius 3 is 2.61 bits per heavy atom. The van der Waals surface area contributed by atoms with Gasteiger partial charge in [-0.3, -0.25) is 0 Å². The highest BCUT2D eigenvalue weighted by Gasteiger charge is 2.23. The van der Waals surface area contributed by atoms with E-state index in [1.807, 2.05) is 20.8 Å². The van der Waals surface area contributed by atoms with Crippen molar-refractivity contribution in [1.29, 1.82) is 0 Å². The molecule has 7 heteroatoms. The Balaban J connectivity index is 2.86. The molecule has 0 aliphatic rings. The third-order valence-electron chi connectivity index (χ3n) is 2.78. The molecule has 3 N–H and O–H groups in total. The molecule has 0 radical (unpaired) electrons. The quantitative estimate of drug-likeness (QED) is 0.681. The predicted octanol–water partition coefficient (Wildman–Crippen LogP) is 0.657. The minimum Gasteiger partial charge on any atom is -0.396 e. The van der Waals surface area contributed by atoms with Crippen LogP contribution in [0.3, 0.4) is 0 Å². The van der Waals surface area contributed by atoms with Crippen LogP contribution in [0.4, 0.5) is 0 Å². The Morgan fingerprint density at radius 2 is 2.17 bits per heavy atom. The Bertz CT molecular complexity index is 468. The number of rotatable bonds is 7. The first-order chi connectivity index (χ1) is 8.40. The van der Waals surface area contributed by atoms with Gasteiger partial charge in [-0.05, 0) is 12.3 Å². The maximum Gasteiger partial charge on any atom is 0.257 e. The van der Waals surface area contributed by atoms with Gasteiger partial charge in [-0.15, -0.1) is 0 Å². The topological polar surface area (TPSA) is 95.1 Å². The fourth-order valence-corrected chi connectivity index (χ4v) is 2.95. The van der Waals surface area contributed by atoms with Crippen molar-refractivity contribution >= 4 is 10.0 Å². The number of imidazole rings is 1. The van der Waals surface area contributed by atoms with Crippen molar-refractivity contribution in [2.24, 2.45) is 5.92 Å². The molecule has 1 aromatic heterocycles. The average Bonchev–Trinajstić information content (AvgIpc) is 2.77. The van der Waals surface area contributed by atoms with Crippen LogP contribution < -0.4 is 4.72 Å². The van der Waals surface area contributed by atoms with Crippen LogP contribution in [0.2, 0.25) is 0 Å². The van der Waals surface area contributed by atoms with E-state index in [4.69, 9.17) is 5.11 Å². The molecule has 6 nitrogen and oxygen atoms in total. The van der Waals surface area contributed by atoms with Crippen LogP contribution in [0.1, 0.15) is 33.0 Å². The Hall–Kier alpha value is -0.920. The molecule has 0 aromatic carbocycles. The number of H-pyrrole nitrogens is 1. The standard InChI is InChI=1S/C11H21N3O3S/c1-4-10-12-7-11(13-10)18(16,17)14-9(5-6-15)8(2)3/h7-9,14-15H,4-6H2,1-3H3,(H,12,13). The summed E-state index contributed by atoms with van der Waals surface area (Å²) in [5.74, 6) is 0.749. The number of aliphatic hydroxyl groups excluding tert-OH is 1. The highest BCUT2D eigenvalue weighted by atomic mass is 32.2. The number of nitrogens with zero attached hydrogens (tertiary/aromatic N) is 1. The van der Waals surface area contributed by atoms with Gasteiger partial charge in [-0.25, -0.2) is 18.1 Å². The van der Waals surface area contributed by atoms with Crippen LogP contribution in [0.5, 0.6) is 0 Å². The number of nitrogens with one attached hydrogen (secondary N) is 2. The number of aromatic nitrogens is 2. The second kappa shape index (κ2) is 6.31. The van der Waals surface area contributed by atoms with E-state index in [-0.39, 0.29) is 23.6 Å². The zero-order valence-corrected chi connectivity index (χ0v) is 11.8. The molecular formula is C11H21N3O3S. The van der Waals surface area contributed by atoms with E-state index < -0.39 is 10.0 Å². The van der Waals surface area contributed by atoms with Crippen molar-refractivity contribution < 1.29 is 13.5 Å². The van der Waals surface area contributed by atoms with Crippen LogP contribution in [0, 0.1) is 5.92 Å². The second-order valence-electron chi connectivity index (χ2n) is 4.53. The first-order valence-electron chi connectivity index (χ1n) is 6.07. The van der Waals surface area contributed by atoms with Gasteiger partial charge >= 0.3 is 0 Å². The lowest BCUT2D eigenvalue weighted by molar-refractivity contribution is 0.256. The lowest BCUT2D eigenvalue weighted by Crippen LogP contribution is -2.39. The predicted molar refractivity (Wildman–Crippen MR) is 68.6 cm³/mol. The van der Waals surface area contributed by atoms with Gasteiger partial charge in [0.1, 0.15) is 5.82 Å². The molecule has 0 saturated heterocycles. The van der Waals surface area contributed by atoms with Crippen molar-refractivity contribution in [3.63, 3.8) is 0 Å². The smallest absolute Gasteiger partial charge is 0.257 e. The van der Waals surface area contributed by atoms with E-state index in [9.17, 15) is 8.42 Å². The first kappa shape index (κ1) is 15.1. The number of aryl methyl sites for hydroxylation is 1. The summed E-state index contributed by atoms with van der Waals surface area (Å²) in [4.78, 5) is 6.74. The molecule has 18 heavy (non-hydrogen) atoms. The molecule has 1 unspecified atom stereocenters. The summed E-state index contributed by atoms with van der Waals surface area (Å²) in [6, 6.07) is -0.284. The van der Waals surface area contributed by atoms with Gasteiger partial charge in [-0.1, -0.05) is 20.8 Å². The van der Waals surface area contributed by atoms with E-state index in [0.29, 0.717) is 18.7 Å². The zero-order valence-electron chi connectivity index (χ0n) is 11.0. The van der Waals surface area contributed by atoms with E-state index >= 15 is 0 Å². The highest BCUT2D eigenvalue weighted by Crippen LogP contribution is 2.12. The van der Waals surface area contributed by atoms with Crippen molar-refractivity contribution in [1.82, 2.24) is 14.7 Å². The lowest BCUT2D eigenvalue weighted by Gasteiger charge is -2.20. The van der Waals surface area contributed by atoms with Gasteiger partial charge in [0, 0.05) is 19.1 Å². The molecule has 1 aromatic rings. The molecule has 0 spiro atoms. The highest BCUT2D eigenvalue weighted by molar-refractivity contribution is 7.89. The number of aliphatic hydroxyl groups is 1. The van der Waals surface area contributed by atoms with Gasteiger partial charge in [0.05, 0.1) is 6.20 Å². The molecule has 0 fully saturated rings. The molecule has 1 atom stereocenters. The molecule has 0 aliphatic heterocycles. The second-order valence-corrected chi connectivity index (χ2v) is 6.21. The molecule has 1 rings (SSSR count). The van der Waals surface area contributed by atoms with Crippen LogP contribution in [0.25, 0.3) is 0 Å². The average molecular weight is 275 g/mol. The van der Waals surface area contributed by atoms with Crippen molar-refractivity contribution in [3.8, 4) is 0 Å². The lowest BCUT2D eigenvalue weighted by atomic mass is 10.0. The van der Waals surface area contributed by atoms with E-state index in [0.717, 1.165) is 0 Å². The largest absolute Gasteiger partial charge is 0.396 e. The zero-order chi connectivity index (χ0) is 13.8. The van der Waals surface area contributed by atoms with Crippen LogP contribution >= 0.6 is 0 Å². The van der Waals surface area contributed by atoms with Crippen LogP contribution in [-0.4, -0.2) is 36.1 Å². The minimum absolute atomic E-state index is 0.0471. The molecule has 0 bridgehead atoms. The summed E-state index contributed by atoms with van der Waals surface area (Å²) in [5, 5.41) is 9.01. The number of hydrogen-bond acceptors (Lipinski definition) is 4. The summed E-state index contributed by atoms with van der Waals surface area (Å²) in [7, 11) is -3.60. The van der Waals surface area contributed by atoms with Crippen molar-refractivity contribution in [2.75, 3.05) is 6.61 Å². The summed E-state index contributed by atoms with van der Waals surface area (Å²) in [6.45, 7) is 5.67. The van der Waals surface area contributed by atoms with Crippen LogP contribution in [0.15, 0.2) is 11.2 Å². The van der Waals surface area contributed by atoms with E-state index in [1.54, 1.807) is 0 Å². The maximum atomic E-state index is 12.1. The van der Waals surface area contributed by atoms with Gasteiger partial charge in [0.25, 0.3) is 10.0 Å². The summed E-state index contributed by atoms with van der Waals surface area (Å²) in [6.07, 6.45) is 2.36. The minimum atomic E-state index is -3.60. The van der Waals surface area contributed by atoms with Gasteiger partial charge in [-0.2, -0.15) is 0 Å². The van der Waals surface area contributed by atoms with Crippen molar-refractivity contribution in [2.45, 2.75) is 44.7 Å². The Labute approximate surface area is 108 Å².